The molecule has 0 aliphatic carbocycles. The van der Waals surface area contributed by atoms with Crippen molar-refractivity contribution in [1.29, 1.82) is 0 Å². The van der Waals surface area contributed by atoms with Crippen molar-refractivity contribution in [2.75, 3.05) is 19.6 Å². The summed E-state index contributed by atoms with van der Waals surface area (Å²) in [5.74, 6) is -0.600. The number of benzene rings is 2. The number of hydrogen-bond donors (Lipinski definition) is 1. The summed E-state index contributed by atoms with van der Waals surface area (Å²) in [6.07, 6.45) is 0.818. The van der Waals surface area contributed by atoms with Crippen LogP contribution in [0.1, 0.15) is 12.8 Å². The largest absolute Gasteiger partial charge is 0.329 e. The second-order valence-corrected chi connectivity index (χ2v) is 9.03. The van der Waals surface area contributed by atoms with Crippen LogP contribution >= 0.6 is 0 Å². The first-order valence-corrected chi connectivity index (χ1v) is 10.8. The van der Waals surface area contributed by atoms with Crippen LogP contribution in [-0.4, -0.2) is 55.2 Å². The smallest absolute Gasteiger partial charge is 0.324 e. The van der Waals surface area contributed by atoms with Gasteiger partial charge in [0.25, 0.3) is 0 Å². The van der Waals surface area contributed by atoms with Crippen LogP contribution in [0.15, 0.2) is 53.4 Å². The third-order valence-corrected chi connectivity index (χ3v) is 7.25. The van der Waals surface area contributed by atoms with E-state index in [1.165, 1.54) is 33.5 Å². The first-order valence-electron chi connectivity index (χ1n) is 9.32. The molecule has 0 radical (unpaired) electrons. The molecule has 3 amide bonds. The number of carbonyl (C=O) groups is 2. The minimum atomic E-state index is -3.67. The highest BCUT2D eigenvalue weighted by Crippen LogP contribution is 2.26. The average molecular weight is 417 g/mol. The molecule has 0 atom stereocenters. The first kappa shape index (κ1) is 19.5. The highest BCUT2D eigenvalue weighted by atomic mass is 32.2. The minimum absolute atomic E-state index is 0.00223. The van der Waals surface area contributed by atoms with Crippen LogP contribution in [0.3, 0.4) is 0 Å². The average Bonchev–Trinajstić information content (AvgIpc) is 3.07. The van der Waals surface area contributed by atoms with E-state index in [2.05, 4.69) is 5.32 Å². The molecule has 2 aliphatic rings. The van der Waals surface area contributed by atoms with Gasteiger partial charge in [-0.3, -0.25) is 9.69 Å². The molecule has 2 aromatic carbocycles. The van der Waals surface area contributed by atoms with Gasteiger partial charge < -0.3 is 5.32 Å². The van der Waals surface area contributed by atoms with Crippen molar-refractivity contribution in [3.8, 4) is 11.1 Å². The van der Waals surface area contributed by atoms with Crippen molar-refractivity contribution >= 4 is 22.0 Å². The van der Waals surface area contributed by atoms with E-state index in [1.807, 2.05) is 0 Å². The standard InChI is InChI=1S/C20H20FN3O4S/c21-16-5-1-14(2-6-16)15-3-7-18(8-4-15)29(27,28)23-11-9-17(10-12-23)24-19(25)13-22-20(24)26/h1-8,17H,9-13H2,(H,22,26). The molecule has 2 saturated heterocycles. The molecule has 0 bridgehead atoms. The van der Waals surface area contributed by atoms with Crippen LogP contribution in [0.4, 0.5) is 9.18 Å². The van der Waals surface area contributed by atoms with Gasteiger partial charge in [-0.15, -0.1) is 0 Å². The zero-order valence-corrected chi connectivity index (χ0v) is 16.4. The number of imide groups is 1. The molecule has 2 heterocycles. The number of amides is 3. The van der Waals surface area contributed by atoms with Crippen molar-refractivity contribution in [3.63, 3.8) is 0 Å². The van der Waals surface area contributed by atoms with Gasteiger partial charge >= 0.3 is 6.03 Å². The molecule has 0 unspecified atom stereocenters. The quantitative estimate of drug-likeness (QED) is 0.773. The third-order valence-electron chi connectivity index (χ3n) is 5.34. The zero-order chi connectivity index (χ0) is 20.6. The highest BCUT2D eigenvalue weighted by Gasteiger charge is 2.38. The number of rotatable bonds is 4. The maximum Gasteiger partial charge on any atom is 0.324 e. The molecular formula is C20H20FN3O4S. The maximum atomic E-state index is 13.1. The Labute approximate surface area is 168 Å². The SMILES string of the molecule is O=C1CNC(=O)N1C1CCN(S(=O)(=O)c2ccc(-c3ccc(F)cc3)cc2)CC1. The lowest BCUT2D eigenvalue weighted by atomic mass is 10.1. The Bertz CT molecular complexity index is 1010. The van der Waals surface area contributed by atoms with Crippen LogP contribution in [0, 0.1) is 5.82 Å². The molecule has 0 aromatic heterocycles. The fourth-order valence-electron chi connectivity index (χ4n) is 3.76. The number of nitrogens with one attached hydrogen (secondary N) is 1. The Morgan fingerprint density at radius 1 is 0.897 bits per heavy atom. The number of nitrogens with zero attached hydrogens (tertiary/aromatic N) is 2. The van der Waals surface area contributed by atoms with Gasteiger partial charge in [-0.2, -0.15) is 4.31 Å². The minimum Gasteiger partial charge on any atom is -0.329 e. The van der Waals surface area contributed by atoms with E-state index in [1.54, 1.807) is 24.3 Å². The monoisotopic (exact) mass is 417 g/mol. The number of carbonyl (C=O) groups excluding carboxylic acids is 2. The predicted molar refractivity (Wildman–Crippen MR) is 104 cm³/mol. The predicted octanol–water partition coefficient (Wildman–Crippen LogP) is 2.20. The Balaban J connectivity index is 1.46. The summed E-state index contributed by atoms with van der Waals surface area (Å²) >= 11 is 0. The van der Waals surface area contributed by atoms with Gasteiger partial charge in [-0.05, 0) is 48.2 Å². The Hall–Kier alpha value is -2.78. The molecule has 2 aromatic rings. The summed E-state index contributed by atoms with van der Waals surface area (Å²) < 4.78 is 40.4. The molecule has 1 N–H and O–H groups in total. The Kier molecular flexibility index (Phi) is 5.10. The summed E-state index contributed by atoms with van der Waals surface area (Å²) in [4.78, 5) is 25.0. The number of halogens is 1. The molecule has 152 valence electrons. The molecule has 29 heavy (non-hydrogen) atoms. The normalized spacial score (nSPS) is 18.9. The van der Waals surface area contributed by atoms with Crippen LogP contribution < -0.4 is 5.32 Å². The fraction of sp³-hybridized carbons (Fsp3) is 0.300. The number of piperidine rings is 1. The van der Waals surface area contributed by atoms with Crippen molar-refractivity contribution < 1.29 is 22.4 Å². The number of sulfonamides is 1. The second-order valence-electron chi connectivity index (χ2n) is 7.09. The van der Waals surface area contributed by atoms with E-state index in [9.17, 15) is 22.4 Å². The topological polar surface area (TPSA) is 86.8 Å². The molecule has 2 fully saturated rings. The van der Waals surface area contributed by atoms with Crippen molar-refractivity contribution in [2.24, 2.45) is 0 Å². The van der Waals surface area contributed by atoms with E-state index in [4.69, 9.17) is 0 Å². The summed E-state index contributed by atoms with van der Waals surface area (Å²) in [6, 6.07) is 11.8. The Morgan fingerprint density at radius 3 is 1.97 bits per heavy atom. The van der Waals surface area contributed by atoms with Crippen LogP contribution in [0.5, 0.6) is 0 Å². The molecule has 7 nitrogen and oxygen atoms in total. The van der Waals surface area contributed by atoms with Gasteiger partial charge in [-0.25, -0.2) is 17.6 Å². The lowest BCUT2D eigenvalue weighted by molar-refractivity contribution is -0.127. The van der Waals surface area contributed by atoms with E-state index in [0.29, 0.717) is 12.8 Å². The van der Waals surface area contributed by atoms with Crippen molar-refractivity contribution in [1.82, 2.24) is 14.5 Å². The lowest BCUT2D eigenvalue weighted by Crippen LogP contribution is -2.48. The van der Waals surface area contributed by atoms with E-state index < -0.39 is 16.1 Å². The maximum absolute atomic E-state index is 13.1. The van der Waals surface area contributed by atoms with E-state index in [-0.39, 0.29) is 42.3 Å². The summed E-state index contributed by atoms with van der Waals surface area (Å²) in [5, 5.41) is 2.49. The third kappa shape index (κ3) is 3.75. The van der Waals surface area contributed by atoms with Crippen molar-refractivity contribution in [3.05, 3.63) is 54.3 Å². The van der Waals surface area contributed by atoms with Crippen LogP contribution in [-0.2, 0) is 14.8 Å². The van der Waals surface area contributed by atoms with Crippen LogP contribution in [0.2, 0.25) is 0 Å². The first-order chi connectivity index (χ1) is 13.9. The summed E-state index contributed by atoms with van der Waals surface area (Å²) in [5.41, 5.74) is 1.59. The number of hydrogen-bond acceptors (Lipinski definition) is 4. The summed E-state index contributed by atoms with van der Waals surface area (Å²) in [7, 11) is -3.67. The van der Waals surface area contributed by atoms with Gasteiger partial charge in [0.2, 0.25) is 15.9 Å². The highest BCUT2D eigenvalue weighted by molar-refractivity contribution is 7.89. The van der Waals surface area contributed by atoms with Gasteiger partial charge in [-0.1, -0.05) is 24.3 Å². The van der Waals surface area contributed by atoms with Gasteiger partial charge in [0.15, 0.2) is 0 Å². The molecule has 9 heteroatoms. The second kappa shape index (κ2) is 7.57. The van der Waals surface area contributed by atoms with Crippen molar-refractivity contribution in [2.45, 2.75) is 23.8 Å². The van der Waals surface area contributed by atoms with Gasteiger partial charge in [0, 0.05) is 19.1 Å². The molecule has 2 aliphatic heterocycles. The van der Waals surface area contributed by atoms with E-state index in [0.717, 1.165) is 11.1 Å². The molecular weight excluding hydrogens is 397 g/mol. The van der Waals surface area contributed by atoms with E-state index >= 15 is 0 Å². The Morgan fingerprint density at radius 2 is 1.45 bits per heavy atom. The van der Waals surface area contributed by atoms with Crippen LogP contribution in [0.25, 0.3) is 11.1 Å². The molecule has 0 spiro atoms. The molecule has 4 rings (SSSR count). The van der Waals surface area contributed by atoms with Gasteiger partial charge in [0.05, 0.1) is 11.4 Å². The zero-order valence-electron chi connectivity index (χ0n) is 15.5. The number of urea groups is 1. The molecule has 0 saturated carbocycles. The van der Waals surface area contributed by atoms with Gasteiger partial charge in [0.1, 0.15) is 5.82 Å². The summed E-state index contributed by atoms with van der Waals surface area (Å²) in [6.45, 7) is 0.477. The lowest BCUT2D eigenvalue weighted by Gasteiger charge is -2.34. The fourth-order valence-corrected chi connectivity index (χ4v) is 5.23.